The molecule has 0 spiro atoms. The van der Waals surface area contributed by atoms with Crippen molar-refractivity contribution in [3.63, 3.8) is 0 Å². The fraction of sp³-hybridized carbons (Fsp3) is 0.211. The van der Waals surface area contributed by atoms with Gasteiger partial charge in [0.15, 0.2) is 11.7 Å². The standard InChI is InChI=1S/C19H20N2O4S/c1-12(2)13-5-9-16(10-6-13)25-11-17(22)21-19(26)20-15-7-3-14(4-8-15)18(23)24/h3-10,12H,11H2,1-2H3,(H,23,24)(H2,20,21,22,26). The van der Waals surface area contributed by atoms with Crippen molar-refractivity contribution in [2.24, 2.45) is 0 Å². The second-order valence-electron chi connectivity index (χ2n) is 5.90. The normalized spacial score (nSPS) is 10.3. The fourth-order valence-electron chi connectivity index (χ4n) is 2.12. The van der Waals surface area contributed by atoms with Crippen LogP contribution in [0.2, 0.25) is 0 Å². The summed E-state index contributed by atoms with van der Waals surface area (Å²) in [7, 11) is 0. The highest BCUT2D eigenvalue weighted by atomic mass is 32.1. The maximum atomic E-state index is 11.9. The average Bonchev–Trinajstić information content (AvgIpc) is 2.60. The number of thiocarbonyl (C=S) groups is 1. The van der Waals surface area contributed by atoms with Crippen LogP contribution in [0.4, 0.5) is 5.69 Å². The molecule has 136 valence electrons. The van der Waals surface area contributed by atoms with Gasteiger partial charge in [0, 0.05) is 5.69 Å². The predicted octanol–water partition coefficient (Wildman–Crippen LogP) is 3.40. The fourth-order valence-corrected chi connectivity index (χ4v) is 2.35. The van der Waals surface area contributed by atoms with Gasteiger partial charge in [-0.25, -0.2) is 4.79 Å². The summed E-state index contributed by atoms with van der Waals surface area (Å²) in [5.41, 5.74) is 1.94. The summed E-state index contributed by atoms with van der Waals surface area (Å²) in [5, 5.41) is 14.3. The summed E-state index contributed by atoms with van der Waals surface area (Å²) in [6.45, 7) is 4.04. The van der Waals surface area contributed by atoms with Crippen LogP contribution in [0.5, 0.6) is 5.75 Å². The van der Waals surface area contributed by atoms with Crippen LogP contribution in [0.3, 0.4) is 0 Å². The molecule has 0 saturated heterocycles. The minimum atomic E-state index is -1.01. The summed E-state index contributed by atoms with van der Waals surface area (Å²) in [4.78, 5) is 22.7. The van der Waals surface area contributed by atoms with Crippen LogP contribution in [-0.4, -0.2) is 28.7 Å². The Morgan fingerprint density at radius 1 is 1.08 bits per heavy atom. The molecule has 0 aliphatic heterocycles. The number of hydrogen-bond acceptors (Lipinski definition) is 4. The zero-order valence-electron chi connectivity index (χ0n) is 14.5. The number of amides is 1. The Labute approximate surface area is 157 Å². The van der Waals surface area contributed by atoms with Gasteiger partial charge in [-0.1, -0.05) is 26.0 Å². The third kappa shape index (κ3) is 5.86. The summed E-state index contributed by atoms with van der Waals surface area (Å²) >= 11 is 5.06. The molecular formula is C19H20N2O4S. The topological polar surface area (TPSA) is 87.7 Å². The smallest absolute Gasteiger partial charge is 0.335 e. The maximum Gasteiger partial charge on any atom is 0.335 e. The average molecular weight is 372 g/mol. The molecule has 0 fully saturated rings. The van der Waals surface area contributed by atoms with E-state index in [-0.39, 0.29) is 17.3 Å². The van der Waals surface area contributed by atoms with E-state index in [1.807, 2.05) is 24.3 Å². The number of carboxylic acids is 1. The minimum absolute atomic E-state index is 0.108. The SMILES string of the molecule is CC(C)c1ccc(OCC(=O)NC(=S)Nc2ccc(C(=O)O)cc2)cc1. The van der Waals surface area contributed by atoms with Gasteiger partial charge in [-0.15, -0.1) is 0 Å². The molecule has 2 aromatic carbocycles. The molecule has 3 N–H and O–H groups in total. The van der Waals surface area contributed by atoms with E-state index >= 15 is 0 Å². The first-order valence-corrected chi connectivity index (χ1v) is 8.43. The number of hydrogen-bond donors (Lipinski definition) is 3. The van der Waals surface area contributed by atoms with Crippen molar-refractivity contribution < 1.29 is 19.4 Å². The Hall–Kier alpha value is -2.93. The first kappa shape index (κ1) is 19.4. The Kier molecular flexibility index (Phi) is 6.68. The number of carbonyl (C=O) groups excluding carboxylic acids is 1. The third-order valence-corrected chi connectivity index (χ3v) is 3.76. The largest absolute Gasteiger partial charge is 0.484 e. The number of benzene rings is 2. The molecule has 0 aromatic heterocycles. The quantitative estimate of drug-likeness (QED) is 0.674. The lowest BCUT2D eigenvalue weighted by Gasteiger charge is -2.11. The lowest BCUT2D eigenvalue weighted by atomic mass is 10.0. The molecule has 0 aliphatic carbocycles. The van der Waals surface area contributed by atoms with Crippen LogP contribution in [0.15, 0.2) is 48.5 Å². The van der Waals surface area contributed by atoms with Gasteiger partial charge in [0.25, 0.3) is 5.91 Å². The second-order valence-corrected chi connectivity index (χ2v) is 6.31. The van der Waals surface area contributed by atoms with Crippen LogP contribution in [0.1, 0.15) is 35.7 Å². The molecule has 2 rings (SSSR count). The maximum absolute atomic E-state index is 11.9. The first-order valence-electron chi connectivity index (χ1n) is 8.02. The van der Waals surface area contributed by atoms with Crippen LogP contribution >= 0.6 is 12.2 Å². The van der Waals surface area contributed by atoms with E-state index in [1.54, 1.807) is 12.1 Å². The van der Waals surface area contributed by atoms with Gasteiger partial charge in [-0.05, 0) is 60.1 Å². The monoisotopic (exact) mass is 372 g/mol. The number of carboxylic acid groups (broad SMARTS) is 1. The lowest BCUT2D eigenvalue weighted by molar-refractivity contribution is -0.121. The molecule has 0 atom stereocenters. The van der Waals surface area contributed by atoms with E-state index in [4.69, 9.17) is 22.1 Å². The number of nitrogens with one attached hydrogen (secondary N) is 2. The number of aromatic carboxylic acids is 1. The molecule has 26 heavy (non-hydrogen) atoms. The molecule has 6 nitrogen and oxygen atoms in total. The van der Waals surface area contributed by atoms with Gasteiger partial charge in [-0.3, -0.25) is 10.1 Å². The predicted molar refractivity (Wildman–Crippen MR) is 104 cm³/mol. The highest BCUT2D eigenvalue weighted by Gasteiger charge is 2.07. The van der Waals surface area contributed by atoms with Crippen molar-refractivity contribution in [1.82, 2.24) is 5.32 Å². The second kappa shape index (κ2) is 8.96. The van der Waals surface area contributed by atoms with E-state index in [0.717, 1.165) is 0 Å². The molecule has 0 heterocycles. The highest BCUT2D eigenvalue weighted by Crippen LogP contribution is 2.18. The number of rotatable bonds is 6. The Morgan fingerprint density at radius 3 is 2.23 bits per heavy atom. The van der Waals surface area contributed by atoms with Gasteiger partial charge in [0.2, 0.25) is 0 Å². The Morgan fingerprint density at radius 2 is 1.69 bits per heavy atom. The van der Waals surface area contributed by atoms with Gasteiger partial charge < -0.3 is 15.2 Å². The van der Waals surface area contributed by atoms with E-state index in [2.05, 4.69) is 24.5 Å². The summed E-state index contributed by atoms with van der Waals surface area (Å²) < 4.78 is 5.43. The van der Waals surface area contributed by atoms with Gasteiger partial charge in [0.1, 0.15) is 5.75 Å². The van der Waals surface area contributed by atoms with Crippen LogP contribution in [0, 0.1) is 0 Å². The lowest BCUT2D eigenvalue weighted by Crippen LogP contribution is -2.37. The van der Waals surface area contributed by atoms with Gasteiger partial charge >= 0.3 is 5.97 Å². The summed E-state index contributed by atoms with van der Waals surface area (Å²) in [6, 6.07) is 13.6. The first-order chi connectivity index (χ1) is 12.3. The van der Waals surface area contributed by atoms with Crippen LogP contribution in [-0.2, 0) is 4.79 Å². The van der Waals surface area contributed by atoms with Gasteiger partial charge in [-0.2, -0.15) is 0 Å². The molecule has 0 unspecified atom stereocenters. The summed E-state index contributed by atoms with van der Waals surface area (Å²) in [5.74, 6) is -0.364. The van der Waals surface area contributed by atoms with Crippen molar-refractivity contribution in [2.75, 3.05) is 11.9 Å². The van der Waals surface area contributed by atoms with Crippen molar-refractivity contribution in [1.29, 1.82) is 0 Å². The highest BCUT2D eigenvalue weighted by molar-refractivity contribution is 7.80. The zero-order chi connectivity index (χ0) is 19.1. The Balaban J connectivity index is 1.79. The van der Waals surface area contributed by atoms with Crippen molar-refractivity contribution in [3.8, 4) is 5.75 Å². The van der Waals surface area contributed by atoms with Crippen molar-refractivity contribution in [3.05, 3.63) is 59.7 Å². The Bertz CT molecular complexity index is 786. The number of anilines is 1. The third-order valence-electron chi connectivity index (χ3n) is 3.56. The molecule has 1 amide bonds. The van der Waals surface area contributed by atoms with Crippen LogP contribution < -0.4 is 15.4 Å². The molecule has 0 aliphatic rings. The molecule has 7 heteroatoms. The zero-order valence-corrected chi connectivity index (χ0v) is 15.3. The van der Waals surface area contributed by atoms with E-state index in [1.165, 1.54) is 17.7 Å². The molecule has 0 radical (unpaired) electrons. The van der Waals surface area contributed by atoms with Crippen molar-refractivity contribution >= 4 is 34.9 Å². The number of ether oxygens (including phenoxy) is 1. The van der Waals surface area contributed by atoms with Crippen molar-refractivity contribution in [2.45, 2.75) is 19.8 Å². The van der Waals surface area contributed by atoms with E-state index < -0.39 is 11.9 Å². The number of carbonyl (C=O) groups is 2. The minimum Gasteiger partial charge on any atom is -0.484 e. The molecule has 0 saturated carbocycles. The van der Waals surface area contributed by atoms with Crippen LogP contribution in [0.25, 0.3) is 0 Å². The van der Waals surface area contributed by atoms with E-state index in [0.29, 0.717) is 17.4 Å². The molecular weight excluding hydrogens is 352 g/mol. The molecule has 2 aromatic rings. The molecule has 0 bridgehead atoms. The summed E-state index contributed by atoms with van der Waals surface area (Å²) in [6.07, 6.45) is 0. The van der Waals surface area contributed by atoms with Gasteiger partial charge in [0.05, 0.1) is 5.56 Å². The van der Waals surface area contributed by atoms with E-state index in [9.17, 15) is 9.59 Å².